The second kappa shape index (κ2) is 7.55. The molecular formula is C17H21N3O. The summed E-state index contributed by atoms with van der Waals surface area (Å²) >= 11 is 0. The van der Waals surface area contributed by atoms with Gasteiger partial charge in [0.25, 0.3) is 0 Å². The van der Waals surface area contributed by atoms with Crippen molar-refractivity contribution >= 4 is 5.91 Å². The van der Waals surface area contributed by atoms with Crippen LogP contribution in [-0.2, 0) is 11.2 Å². The van der Waals surface area contributed by atoms with Gasteiger partial charge in [0.2, 0.25) is 5.91 Å². The molecule has 0 aliphatic heterocycles. The standard InChI is InChI=1S/C17H21N3O/c1-13(15-8-5-11-19-12-15)20-17(21)16(18)10-9-14-6-3-2-4-7-14/h2-8,11-13,16H,9-10,18H2,1H3,(H,20,21)/t13-,16?/m1/s1. The molecule has 0 spiro atoms. The van der Waals surface area contributed by atoms with Gasteiger partial charge >= 0.3 is 0 Å². The molecule has 1 aromatic carbocycles. The summed E-state index contributed by atoms with van der Waals surface area (Å²) < 4.78 is 0. The molecule has 2 aromatic rings. The van der Waals surface area contributed by atoms with Crippen LogP contribution in [0.2, 0.25) is 0 Å². The molecule has 1 amide bonds. The SMILES string of the molecule is C[C@@H](NC(=O)C(N)CCc1ccccc1)c1cccnc1. The van der Waals surface area contributed by atoms with Gasteiger partial charge in [0.15, 0.2) is 0 Å². The summed E-state index contributed by atoms with van der Waals surface area (Å²) in [5, 5.41) is 2.93. The predicted octanol–water partition coefficient (Wildman–Crippen LogP) is 2.22. The number of aromatic nitrogens is 1. The fraction of sp³-hybridized carbons (Fsp3) is 0.294. The van der Waals surface area contributed by atoms with Gasteiger partial charge in [0, 0.05) is 12.4 Å². The van der Waals surface area contributed by atoms with Crippen molar-refractivity contribution in [2.24, 2.45) is 5.73 Å². The normalized spacial score (nSPS) is 13.4. The van der Waals surface area contributed by atoms with Gasteiger partial charge in [-0.25, -0.2) is 0 Å². The van der Waals surface area contributed by atoms with E-state index in [0.29, 0.717) is 6.42 Å². The molecule has 0 aliphatic rings. The highest BCUT2D eigenvalue weighted by molar-refractivity contribution is 5.81. The van der Waals surface area contributed by atoms with Gasteiger partial charge in [0.1, 0.15) is 0 Å². The van der Waals surface area contributed by atoms with Crippen molar-refractivity contribution in [3.05, 3.63) is 66.0 Å². The summed E-state index contributed by atoms with van der Waals surface area (Å²) in [5.74, 6) is -0.123. The summed E-state index contributed by atoms with van der Waals surface area (Å²) in [4.78, 5) is 16.1. The minimum Gasteiger partial charge on any atom is -0.348 e. The Labute approximate surface area is 125 Å². The molecule has 110 valence electrons. The molecule has 1 aromatic heterocycles. The van der Waals surface area contributed by atoms with E-state index in [2.05, 4.69) is 10.3 Å². The van der Waals surface area contributed by atoms with E-state index in [1.54, 1.807) is 12.4 Å². The Kier molecular flexibility index (Phi) is 5.46. The monoisotopic (exact) mass is 283 g/mol. The average molecular weight is 283 g/mol. The van der Waals surface area contributed by atoms with Crippen LogP contribution in [0.3, 0.4) is 0 Å². The molecular weight excluding hydrogens is 262 g/mol. The number of aryl methyl sites for hydroxylation is 1. The molecule has 0 saturated heterocycles. The van der Waals surface area contributed by atoms with E-state index in [-0.39, 0.29) is 11.9 Å². The zero-order valence-electron chi connectivity index (χ0n) is 12.2. The zero-order chi connectivity index (χ0) is 15.1. The minimum absolute atomic E-state index is 0.0889. The van der Waals surface area contributed by atoms with Crippen molar-refractivity contribution in [3.63, 3.8) is 0 Å². The van der Waals surface area contributed by atoms with Crippen molar-refractivity contribution in [2.45, 2.75) is 31.8 Å². The van der Waals surface area contributed by atoms with Crippen LogP contribution in [0.1, 0.15) is 30.5 Å². The van der Waals surface area contributed by atoms with Crippen LogP contribution in [0.25, 0.3) is 0 Å². The van der Waals surface area contributed by atoms with Gasteiger partial charge in [-0.15, -0.1) is 0 Å². The number of carbonyl (C=O) groups excluding carboxylic acids is 1. The maximum absolute atomic E-state index is 12.1. The lowest BCUT2D eigenvalue weighted by Gasteiger charge is -2.17. The van der Waals surface area contributed by atoms with Crippen molar-refractivity contribution in [1.82, 2.24) is 10.3 Å². The van der Waals surface area contributed by atoms with E-state index >= 15 is 0 Å². The van der Waals surface area contributed by atoms with Crippen LogP contribution in [0.4, 0.5) is 0 Å². The Morgan fingerprint density at radius 2 is 2.00 bits per heavy atom. The highest BCUT2D eigenvalue weighted by Crippen LogP contribution is 2.10. The molecule has 0 radical (unpaired) electrons. The average Bonchev–Trinajstić information content (AvgIpc) is 2.54. The van der Waals surface area contributed by atoms with Crippen molar-refractivity contribution in [1.29, 1.82) is 0 Å². The van der Waals surface area contributed by atoms with Crippen LogP contribution in [0, 0.1) is 0 Å². The highest BCUT2D eigenvalue weighted by Gasteiger charge is 2.16. The van der Waals surface area contributed by atoms with Crippen LogP contribution in [-0.4, -0.2) is 16.9 Å². The Balaban J connectivity index is 1.82. The van der Waals surface area contributed by atoms with E-state index in [9.17, 15) is 4.79 Å². The van der Waals surface area contributed by atoms with Crippen molar-refractivity contribution < 1.29 is 4.79 Å². The number of hydrogen-bond donors (Lipinski definition) is 2. The van der Waals surface area contributed by atoms with Crippen LogP contribution >= 0.6 is 0 Å². The van der Waals surface area contributed by atoms with Gasteiger partial charge in [-0.3, -0.25) is 9.78 Å². The zero-order valence-corrected chi connectivity index (χ0v) is 12.2. The maximum Gasteiger partial charge on any atom is 0.237 e. The number of amides is 1. The lowest BCUT2D eigenvalue weighted by molar-refractivity contribution is -0.123. The number of benzene rings is 1. The number of nitrogens with one attached hydrogen (secondary N) is 1. The lowest BCUT2D eigenvalue weighted by Crippen LogP contribution is -2.41. The second-order valence-corrected chi connectivity index (χ2v) is 5.15. The molecule has 0 saturated carbocycles. The molecule has 4 nitrogen and oxygen atoms in total. The second-order valence-electron chi connectivity index (χ2n) is 5.15. The van der Waals surface area contributed by atoms with Gasteiger partial charge in [-0.05, 0) is 37.0 Å². The smallest absolute Gasteiger partial charge is 0.237 e. The third-order valence-electron chi connectivity index (χ3n) is 3.47. The number of hydrogen-bond acceptors (Lipinski definition) is 3. The Bertz CT molecular complexity index is 557. The Morgan fingerprint density at radius 3 is 2.67 bits per heavy atom. The third kappa shape index (κ3) is 4.68. The number of pyridine rings is 1. The van der Waals surface area contributed by atoms with Crippen LogP contribution < -0.4 is 11.1 Å². The molecule has 1 heterocycles. The molecule has 0 fully saturated rings. The fourth-order valence-electron chi connectivity index (χ4n) is 2.13. The molecule has 1 unspecified atom stereocenters. The van der Waals surface area contributed by atoms with E-state index in [0.717, 1.165) is 12.0 Å². The molecule has 2 atom stereocenters. The van der Waals surface area contributed by atoms with E-state index < -0.39 is 6.04 Å². The first-order valence-electron chi connectivity index (χ1n) is 7.16. The molecule has 4 heteroatoms. The first-order valence-corrected chi connectivity index (χ1v) is 7.16. The summed E-state index contributed by atoms with van der Waals surface area (Å²) in [7, 11) is 0. The highest BCUT2D eigenvalue weighted by atomic mass is 16.2. The van der Waals surface area contributed by atoms with E-state index in [1.807, 2.05) is 49.4 Å². The predicted molar refractivity (Wildman–Crippen MR) is 83.5 cm³/mol. The third-order valence-corrected chi connectivity index (χ3v) is 3.47. The van der Waals surface area contributed by atoms with Gasteiger partial charge in [0.05, 0.1) is 12.1 Å². The first kappa shape index (κ1) is 15.2. The van der Waals surface area contributed by atoms with Crippen molar-refractivity contribution in [2.75, 3.05) is 0 Å². The van der Waals surface area contributed by atoms with Gasteiger partial charge in [-0.1, -0.05) is 36.4 Å². The number of carbonyl (C=O) groups is 1. The van der Waals surface area contributed by atoms with Crippen LogP contribution in [0.15, 0.2) is 54.9 Å². The quantitative estimate of drug-likeness (QED) is 0.854. The van der Waals surface area contributed by atoms with Crippen LogP contribution in [0.5, 0.6) is 0 Å². The molecule has 0 aliphatic carbocycles. The Morgan fingerprint density at radius 1 is 1.24 bits per heavy atom. The van der Waals surface area contributed by atoms with Gasteiger partial charge < -0.3 is 11.1 Å². The minimum atomic E-state index is -0.496. The maximum atomic E-state index is 12.1. The number of nitrogens with zero attached hydrogens (tertiary/aromatic N) is 1. The Hall–Kier alpha value is -2.20. The molecule has 21 heavy (non-hydrogen) atoms. The van der Waals surface area contributed by atoms with E-state index in [1.165, 1.54) is 5.56 Å². The lowest BCUT2D eigenvalue weighted by atomic mass is 10.0. The molecule has 2 rings (SSSR count). The van der Waals surface area contributed by atoms with Gasteiger partial charge in [-0.2, -0.15) is 0 Å². The summed E-state index contributed by atoms with van der Waals surface area (Å²) in [5.41, 5.74) is 8.13. The summed E-state index contributed by atoms with van der Waals surface area (Å²) in [6.07, 6.45) is 4.90. The van der Waals surface area contributed by atoms with Crippen molar-refractivity contribution in [3.8, 4) is 0 Å². The fourth-order valence-corrected chi connectivity index (χ4v) is 2.13. The number of rotatable bonds is 6. The van der Waals surface area contributed by atoms with E-state index in [4.69, 9.17) is 5.73 Å². The largest absolute Gasteiger partial charge is 0.348 e. The number of nitrogens with two attached hydrogens (primary N) is 1. The molecule has 3 N–H and O–H groups in total. The summed E-state index contributed by atoms with van der Waals surface area (Å²) in [6, 6.07) is 13.3. The molecule has 0 bridgehead atoms. The first-order chi connectivity index (χ1) is 10.2. The summed E-state index contributed by atoms with van der Waals surface area (Å²) in [6.45, 7) is 1.93. The topological polar surface area (TPSA) is 68.0 Å².